The number of hydrogen-bond acceptors (Lipinski definition) is 5. The summed E-state index contributed by atoms with van der Waals surface area (Å²) in [5.41, 5.74) is 0.289. The molecule has 0 atom stereocenters. The molecule has 3 heterocycles. The van der Waals surface area contributed by atoms with Gasteiger partial charge in [-0.05, 0) is 12.8 Å². The summed E-state index contributed by atoms with van der Waals surface area (Å²) in [4.78, 5) is 12.0. The highest BCUT2D eigenvalue weighted by Gasteiger charge is 2.46. The summed E-state index contributed by atoms with van der Waals surface area (Å²) in [7, 11) is -0.727. The molecule has 2 aliphatic rings. The van der Waals surface area contributed by atoms with Crippen LogP contribution in [-0.4, -0.2) is 44.8 Å². The number of sulfonamides is 1. The van der Waals surface area contributed by atoms with E-state index in [1.807, 2.05) is 0 Å². The van der Waals surface area contributed by atoms with Crippen molar-refractivity contribution in [1.29, 1.82) is 0 Å². The second-order valence-electron chi connectivity index (χ2n) is 5.30. The molecule has 0 aromatic carbocycles. The number of hydrogen-bond donors (Lipinski definition) is 1. The molecule has 1 spiro atoms. The number of fused-ring (bicyclic) bond motifs is 1. The Morgan fingerprint density at radius 1 is 1.50 bits per heavy atom. The Morgan fingerprint density at radius 3 is 2.75 bits per heavy atom. The van der Waals surface area contributed by atoms with Crippen molar-refractivity contribution in [1.82, 2.24) is 9.29 Å². The van der Waals surface area contributed by atoms with Gasteiger partial charge in [-0.3, -0.25) is 0 Å². The molecule has 0 aliphatic carbocycles. The predicted molar refractivity (Wildman–Crippen MR) is 68.9 cm³/mol. The fourth-order valence-corrected chi connectivity index (χ4v) is 4.51. The van der Waals surface area contributed by atoms with Crippen LogP contribution in [0.15, 0.2) is 11.1 Å². The highest BCUT2D eigenvalue weighted by molar-refractivity contribution is 7.89. The van der Waals surface area contributed by atoms with Gasteiger partial charge in [-0.15, -0.1) is 0 Å². The topological polar surface area (TPSA) is 86.6 Å². The lowest BCUT2D eigenvalue weighted by atomic mass is 9.91. The zero-order valence-corrected chi connectivity index (χ0v) is 12.1. The second kappa shape index (κ2) is 4.31. The zero-order valence-electron chi connectivity index (χ0n) is 11.3. The number of aryl methyl sites for hydroxylation is 1. The minimum atomic E-state index is -3.65. The van der Waals surface area contributed by atoms with Gasteiger partial charge in [0, 0.05) is 18.8 Å². The number of carbonyl (C=O) groups excluding carboxylic acids is 1. The molecule has 1 saturated heterocycles. The van der Waals surface area contributed by atoms with E-state index in [0.717, 1.165) is 0 Å². The lowest BCUT2D eigenvalue weighted by Gasteiger charge is -2.40. The van der Waals surface area contributed by atoms with Crippen LogP contribution < -0.4 is 4.72 Å². The Kier molecular flexibility index (Phi) is 2.93. The van der Waals surface area contributed by atoms with Gasteiger partial charge in [0.25, 0.3) is 0 Å². The van der Waals surface area contributed by atoms with Crippen LogP contribution in [0.25, 0.3) is 0 Å². The van der Waals surface area contributed by atoms with E-state index in [-0.39, 0.29) is 4.90 Å². The Bertz CT molecular complexity index is 672. The van der Waals surface area contributed by atoms with Crippen molar-refractivity contribution >= 4 is 16.0 Å². The summed E-state index contributed by atoms with van der Waals surface area (Å²) in [6, 6.07) is 0. The monoisotopic (exact) mass is 300 g/mol. The van der Waals surface area contributed by atoms with Crippen molar-refractivity contribution in [2.24, 2.45) is 7.05 Å². The number of nitrogens with zero attached hydrogens (tertiary/aromatic N) is 1. The first kappa shape index (κ1) is 13.6. The van der Waals surface area contributed by atoms with Crippen LogP contribution in [-0.2, 0) is 33.0 Å². The summed E-state index contributed by atoms with van der Waals surface area (Å²) < 4.78 is 39.0. The molecule has 3 rings (SSSR count). The van der Waals surface area contributed by atoms with Crippen LogP contribution in [0.5, 0.6) is 0 Å². The van der Waals surface area contributed by atoms with Crippen LogP contribution >= 0.6 is 0 Å². The molecule has 20 heavy (non-hydrogen) atoms. The van der Waals surface area contributed by atoms with Crippen molar-refractivity contribution in [2.45, 2.75) is 23.3 Å². The van der Waals surface area contributed by atoms with Gasteiger partial charge >= 0.3 is 5.97 Å². The predicted octanol–water partition coefficient (Wildman–Crippen LogP) is -0.195. The molecule has 1 aromatic rings. The molecule has 0 unspecified atom stereocenters. The SMILES string of the molecule is COC(=O)c1c2c(cn1C)S(=O)(=O)NC1(CC2)COC1. The third kappa shape index (κ3) is 1.87. The summed E-state index contributed by atoms with van der Waals surface area (Å²) in [6.07, 6.45) is 2.56. The van der Waals surface area contributed by atoms with E-state index in [4.69, 9.17) is 9.47 Å². The third-order valence-electron chi connectivity index (χ3n) is 3.88. The standard InChI is InChI=1S/C12H16N2O5S/c1-14-5-9-8(10(14)11(15)18-2)3-4-12(6-19-7-12)13-20(9,16)17/h5,13H,3-4,6-7H2,1-2H3. The Labute approximate surface area is 116 Å². The number of rotatable bonds is 1. The smallest absolute Gasteiger partial charge is 0.354 e. The quantitative estimate of drug-likeness (QED) is 0.726. The lowest BCUT2D eigenvalue weighted by molar-refractivity contribution is -0.0657. The van der Waals surface area contributed by atoms with Crippen molar-refractivity contribution in [3.63, 3.8) is 0 Å². The van der Waals surface area contributed by atoms with Crippen LogP contribution in [0.3, 0.4) is 0 Å². The Hall–Kier alpha value is -1.38. The molecule has 1 fully saturated rings. The number of nitrogens with one attached hydrogen (secondary N) is 1. The van der Waals surface area contributed by atoms with Gasteiger partial charge in [-0.2, -0.15) is 0 Å². The summed E-state index contributed by atoms with van der Waals surface area (Å²) in [5.74, 6) is -0.523. The maximum atomic E-state index is 12.4. The molecule has 1 aromatic heterocycles. The van der Waals surface area contributed by atoms with Gasteiger partial charge in [0.1, 0.15) is 10.6 Å². The van der Waals surface area contributed by atoms with Crippen LogP contribution in [0, 0.1) is 0 Å². The number of esters is 1. The average Bonchev–Trinajstić information content (AvgIpc) is 2.63. The molecule has 1 N–H and O–H groups in total. The fraction of sp³-hybridized carbons (Fsp3) is 0.583. The van der Waals surface area contributed by atoms with Crippen LogP contribution in [0.4, 0.5) is 0 Å². The molecule has 0 radical (unpaired) electrons. The first-order chi connectivity index (χ1) is 9.38. The molecule has 110 valence electrons. The van der Waals surface area contributed by atoms with E-state index in [0.29, 0.717) is 37.3 Å². The van der Waals surface area contributed by atoms with Crippen molar-refractivity contribution in [3.05, 3.63) is 17.5 Å². The van der Waals surface area contributed by atoms with Gasteiger partial charge in [-0.25, -0.2) is 17.9 Å². The molecule has 0 bridgehead atoms. The normalized spacial score (nSPS) is 22.7. The molecule has 2 aliphatic heterocycles. The van der Waals surface area contributed by atoms with Crippen LogP contribution in [0.2, 0.25) is 0 Å². The highest BCUT2D eigenvalue weighted by atomic mass is 32.2. The molecular weight excluding hydrogens is 284 g/mol. The summed E-state index contributed by atoms with van der Waals surface area (Å²) >= 11 is 0. The van der Waals surface area contributed by atoms with E-state index in [2.05, 4.69) is 4.72 Å². The van der Waals surface area contributed by atoms with E-state index in [1.54, 1.807) is 7.05 Å². The third-order valence-corrected chi connectivity index (χ3v) is 5.51. The number of ether oxygens (including phenoxy) is 2. The zero-order chi connectivity index (χ0) is 14.5. The first-order valence-corrected chi connectivity index (χ1v) is 7.75. The van der Waals surface area contributed by atoms with Gasteiger partial charge < -0.3 is 14.0 Å². The largest absolute Gasteiger partial charge is 0.464 e. The van der Waals surface area contributed by atoms with Crippen molar-refractivity contribution < 1.29 is 22.7 Å². The van der Waals surface area contributed by atoms with Gasteiger partial charge in [0.15, 0.2) is 0 Å². The molecule has 7 nitrogen and oxygen atoms in total. The Balaban J connectivity index is 2.12. The number of carbonyl (C=O) groups is 1. The van der Waals surface area contributed by atoms with Crippen LogP contribution in [0.1, 0.15) is 22.5 Å². The first-order valence-electron chi connectivity index (χ1n) is 6.27. The van der Waals surface area contributed by atoms with Crippen molar-refractivity contribution in [2.75, 3.05) is 20.3 Å². The molecule has 8 heteroatoms. The van der Waals surface area contributed by atoms with Gasteiger partial charge in [-0.1, -0.05) is 0 Å². The highest BCUT2D eigenvalue weighted by Crippen LogP contribution is 2.34. The van der Waals surface area contributed by atoms with E-state index >= 15 is 0 Å². The van der Waals surface area contributed by atoms with E-state index < -0.39 is 21.5 Å². The van der Waals surface area contributed by atoms with Crippen molar-refractivity contribution in [3.8, 4) is 0 Å². The molecular formula is C12H16N2O5S. The summed E-state index contributed by atoms with van der Waals surface area (Å²) in [6.45, 7) is 0.742. The number of aromatic nitrogens is 1. The van der Waals surface area contributed by atoms with Gasteiger partial charge in [0.2, 0.25) is 10.0 Å². The summed E-state index contributed by atoms with van der Waals surface area (Å²) in [5, 5.41) is 0. The van der Waals surface area contributed by atoms with E-state index in [1.165, 1.54) is 17.9 Å². The van der Waals surface area contributed by atoms with Gasteiger partial charge in [0.05, 0.1) is 25.9 Å². The fourth-order valence-electron chi connectivity index (χ4n) is 2.79. The minimum Gasteiger partial charge on any atom is -0.464 e. The minimum absolute atomic E-state index is 0.157. The van der Waals surface area contributed by atoms with E-state index in [9.17, 15) is 13.2 Å². The lowest BCUT2D eigenvalue weighted by Crippen LogP contribution is -2.61. The second-order valence-corrected chi connectivity index (χ2v) is 6.95. The molecule has 0 saturated carbocycles. The molecule has 0 amide bonds. The average molecular weight is 300 g/mol. The maximum Gasteiger partial charge on any atom is 0.354 e. The Morgan fingerprint density at radius 2 is 2.20 bits per heavy atom. The number of methoxy groups -OCH3 is 1. The maximum absolute atomic E-state index is 12.4.